The number of benzene rings is 2. The molecule has 0 N–H and O–H groups in total. The number of rotatable bonds is 3. The topological polar surface area (TPSA) is 21.6 Å². The van der Waals surface area contributed by atoms with E-state index in [2.05, 4.69) is 17.1 Å². The van der Waals surface area contributed by atoms with Crippen molar-refractivity contribution in [1.82, 2.24) is 0 Å². The van der Waals surface area contributed by atoms with Gasteiger partial charge in [-0.15, -0.1) is 0 Å². The average Bonchev–Trinajstić information content (AvgIpc) is 2.42. The van der Waals surface area contributed by atoms with Crippen molar-refractivity contribution in [2.24, 2.45) is 4.99 Å². The molecule has 2 heteroatoms. The highest BCUT2D eigenvalue weighted by Gasteiger charge is 2.01. The highest BCUT2D eigenvalue weighted by atomic mass is 16.5. The Morgan fingerprint density at radius 1 is 1.06 bits per heavy atom. The maximum atomic E-state index is 5.19. The molecule has 92 valence electrons. The summed E-state index contributed by atoms with van der Waals surface area (Å²) in [5, 5.41) is 0. The van der Waals surface area contributed by atoms with Crippen LogP contribution in [0, 0.1) is 6.92 Å². The van der Waals surface area contributed by atoms with Crippen molar-refractivity contribution in [3.05, 3.63) is 59.7 Å². The monoisotopic (exact) mass is 239 g/mol. The van der Waals surface area contributed by atoms with Crippen molar-refractivity contribution in [2.75, 3.05) is 7.11 Å². The van der Waals surface area contributed by atoms with E-state index >= 15 is 0 Å². The zero-order chi connectivity index (χ0) is 13.0. The van der Waals surface area contributed by atoms with Gasteiger partial charge < -0.3 is 4.74 Å². The Balaban J connectivity index is 2.33. The van der Waals surface area contributed by atoms with Gasteiger partial charge in [-0.05, 0) is 43.2 Å². The number of methoxy groups -OCH3 is 1. The van der Waals surface area contributed by atoms with Crippen molar-refractivity contribution in [3.8, 4) is 5.75 Å². The quantitative estimate of drug-likeness (QED) is 0.737. The van der Waals surface area contributed by atoms with Crippen LogP contribution in [0.4, 0.5) is 5.69 Å². The molecule has 0 aliphatic carbocycles. The van der Waals surface area contributed by atoms with Crippen LogP contribution >= 0.6 is 0 Å². The molecular formula is C16H17NO. The molecule has 2 aromatic carbocycles. The molecule has 2 rings (SSSR count). The second-order valence-corrected chi connectivity index (χ2v) is 4.22. The predicted octanol–water partition coefficient (Wildman–Crippen LogP) is 4.14. The van der Waals surface area contributed by atoms with Crippen LogP contribution in [0.2, 0.25) is 0 Å². The number of nitrogens with zero attached hydrogens (tertiary/aromatic N) is 1. The van der Waals surface area contributed by atoms with Gasteiger partial charge in [0, 0.05) is 5.71 Å². The number of aryl methyl sites for hydroxylation is 1. The van der Waals surface area contributed by atoms with Crippen molar-refractivity contribution < 1.29 is 4.74 Å². The Labute approximate surface area is 108 Å². The third-order valence-corrected chi connectivity index (χ3v) is 2.88. The van der Waals surface area contributed by atoms with Gasteiger partial charge in [0.1, 0.15) is 5.75 Å². The van der Waals surface area contributed by atoms with E-state index in [0.29, 0.717) is 0 Å². The minimum Gasteiger partial charge on any atom is -0.497 e. The first-order valence-electron chi connectivity index (χ1n) is 5.96. The summed E-state index contributed by atoms with van der Waals surface area (Å²) in [6, 6.07) is 16.1. The van der Waals surface area contributed by atoms with E-state index in [9.17, 15) is 0 Å². The van der Waals surface area contributed by atoms with Crippen LogP contribution < -0.4 is 4.74 Å². The van der Waals surface area contributed by atoms with Crippen molar-refractivity contribution in [2.45, 2.75) is 13.8 Å². The third-order valence-electron chi connectivity index (χ3n) is 2.88. The fourth-order valence-corrected chi connectivity index (χ4v) is 1.80. The fraction of sp³-hybridized carbons (Fsp3) is 0.188. The summed E-state index contributed by atoms with van der Waals surface area (Å²) in [7, 11) is 1.67. The first-order chi connectivity index (χ1) is 8.70. The van der Waals surface area contributed by atoms with Crippen LogP contribution in [0.1, 0.15) is 18.1 Å². The van der Waals surface area contributed by atoms with Gasteiger partial charge in [-0.2, -0.15) is 0 Å². The standard InChI is InChI=1S/C16H17NO/c1-12-11-15(18-3)9-10-16(12)17-13(2)14-7-5-4-6-8-14/h4-11H,1-3H3. The molecule has 18 heavy (non-hydrogen) atoms. The summed E-state index contributed by atoms with van der Waals surface area (Å²) in [5.41, 5.74) is 4.26. The zero-order valence-electron chi connectivity index (χ0n) is 11.0. The lowest BCUT2D eigenvalue weighted by molar-refractivity contribution is 0.414. The van der Waals surface area contributed by atoms with Gasteiger partial charge in [0.2, 0.25) is 0 Å². The Hall–Kier alpha value is -2.09. The van der Waals surface area contributed by atoms with Crippen molar-refractivity contribution >= 4 is 11.4 Å². The maximum absolute atomic E-state index is 5.19. The Kier molecular flexibility index (Phi) is 3.78. The fourth-order valence-electron chi connectivity index (χ4n) is 1.80. The van der Waals surface area contributed by atoms with Gasteiger partial charge in [0.25, 0.3) is 0 Å². The number of aliphatic imine (C=N–C) groups is 1. The Bertz CT molecular complexity index is 559. The van der Waals surface area contributed by atoms with Gasteiger partial charge in [0.05, 0.1) is 12.8 Å². The first kappa shape index (κ1) is 12.4. The Morgan fingerprint density at radius 2 is 1.78 bits per heavy atom. The summed E-state index contributed by atoms with van der Waals surface area (Å²) in [5.74, 6) is 0.865. The smallest absolute Gasteiger partial charge is 0.119 e. The van der Waals surface area contributed by atoms with E-state index < -0.39 is 0 Å². The molecule has 2 nitrogen and oxygen atoms in total. The molecule has 0 saturated heterocycles. The molecule has 0 saturated carbocycles. The lowest BCUT2D eigenvalue weighted by Crippen LogP contribution is -1.93. The van der Waals surface area contributed by atoms with E-state index in [1.165, 1.54) is 0 Å². The summed E-state index contributed by atoms with van der Waals surface area (Å²) < 4.78 is 5.19. The van der Waals surface area contributed by atoms with Crippen LogP contribution in [-0.2, 0) is 0 Å². The average molecular weight is 239 g/mol. The molecule has 0 aromatic heterocycles. The summed E-state index contributed by atoms with van der Waals surface area (Å²) in [6.45, 7) is 4.07. The molecule has 0 aliphatic rings. The van der Waals surface area contributed by atoms with Gasteiger partial charge in [-0.3, -0.25) is 4.99 Å². The predicted molar refractivity (Wildman–Crippen MR) is 76.0 cm³/mol. The molecule has 0 amide bonds. The minimum absolute atomic E-state index is 0.865. The highest BCUT2D eigenvalue weighted by Crippen LogP contribution is 2.24. The van der Waals surface area contributed by atoms with E-state index in [0.717, 1.165) is 28.3 Å². The summed E-state index contributed by atoms with van der Waals surface area (Å²) in [4.78, 5) is 4.67. The van der Waals surface area contributed by atoms with Crippen LogP contribution in [0.15, 0.2) is 53.5 Å². The largest absolute Gasteiger partial charge is 0.497 e. The van der Waals surface area contributed by atoms with Crippen molar-refractivity contribution in [3.63, 3.8) is 0 Å². The molecule has 0 heterocycles. The van der Waals surface area contributed by atoms with Crippen molar-refractivity contribution in [1.29, 1.82) is 0 Å². The summed E-state index contributed by atoms with van der Waals surface area (Å²) in [6.07, 6.45) is 0. The normalized spacial score (nSPS) is 11.4. The summed E-state index contributed by atoms with van der Waals surface area (Å²) >= 11 is 0. The number of hydrogen-bond acceptors (Lipinski definition) is 2. The number of hydrogen-bond donors (Lipinski definition) is 0. The lowest BCUT2D eigenvalue weighted by atomic mass is 10.1. The van der Waals surface area contributed by atoms with Crippen LogP contribution in [0.5, 0.6) is 5.75 Å². The minimum atomic E-state index is 0.865. The van der Waals surface area contributed by atoms with Crippen LogP contribution in [-0.4, -0.2) is 12.8 Å². The zero-order valence-corrected chi connectivity index (χ0v) is 11.0. The highest BCUT2D eigenvalue weighted by molar-refractivity contribution is 6.00. The lowest BCUT2D eigenvalue weighted by Gasteiger charge is -2.06. The second kappa shape index (κ2) is 5.50. The molecule has 0 aliphatic heterocycles. The SMILES string of the molecule is COc1ccc(N=C(C)c2ccccc2)c(C)c1. The second-order valence-electron chi connectivity index (χ2n) is 4.22. The molecule has 0 fully saturated rings. The molecule has 0 spiro atoms. The molecule has 0 bridgehead atoms. The number of ether oxygens (including phenoxy) is 1. The van der Waals surface area contributed by atoms with E-state index in [1.54, 1.807) is 7.11 Å². The Morgan fingerprint density at radius 3 is 2.39 bits per heavy atom. The first-order valence-corrected chi connectivity index (χ1v) is 5.96. The van der Waals surface area contributed by atoms with Gasteiger partial charge >= 0.3 is 0 Å². The van der Waals surface area contributed by atoms with Crippen LogP contribution in [0.3, 0.4) is 0 Å². The molecule has 0 atom stereocenters. The van der Waals surface area contributed by atoms with E-state index in [-0.39, 0.29) is 0 Å². The molecular weight excluding hydrogens is 222 g/mol. The van der Waals surface area contributed by atoms with Crippen LogP contribution in [0.25, 0.3) is 0 Å². The molecule has 2 aromatic rings. The van der Waals surface area contributed by atoms with E-state index in [4.69, 9.17) is 4.74 Å². The molecule has 0 radical (unpaired) electrons. The maximum Gasteiger partial charge on any atom is 0.119 e. The molecule has 0 unspecified atom stereocenters. The van der Waals surface area contributed by atoms with Gasteiger partial charge in [-0.1, -0.05) is 30.3 Å². The third kappa shape index (κ3) is 2.77. The van der Waals surface area contributed by atoms with Gasteiger partial charge in [0.15, 0.2) is 0 Å². The van der Waals surface area contributed by atoms with E-state index in [1.807, 2.05) is 50.2 Å². The van der Waals surface area contributed by atoms with Gasteiger partial charge in [-0.25, -0.2) is 0 Å².